The molecule has 4 aliphatic rings. The summed E-state index contributed by atoms with van der Waals surface area (Å²) in [7, 11) is 0. The van der Waals surface area contributed by atoms with E-state index in [1.807, 2.05) is 13.8 Å². The van der Waals surface area contributed by atoms with E-state index in [2.05, 4.69) is 0 Å². The molecule has 5 nitrogen and oxygen atoms in total. The first-order valence-electron chi connectivity index (χ1n) is 11.1. The van der Waals surface area contributed by atoms with Crippen LogP contribution in [0.15, 0.2) is 23.8 Å². The molecule has 0 spiro atoms. The Balaban J connectivity index is 1.84. The minimum absolute atomic E-state index is 0.00262. The fourth-order valence-corrected chi connectivity index (χ4v) is 7.98. The van der Waals surface area contributed by atoms with Crippen LogP contribution in [0.3, 0.4) is 0 Å². The Bertz CT molecular complexity index is 914. The lowest BCUT2D eigenvalue weighted by Gasteiger charge is -2.62. The SMILES string of the molecule is CCC(=O)O[C@]1(C(O)=S)[C@H](C)C[C@H]2[C@@H]3CCC4=CC(=O)C=C[C@]4(C)[C@@]3(F)[C@@H](O)C[C@@]21C. The van der Waals surface area contributed by atoms with Crippen LogP contribution in [-0.4, -0.2) is 44.4 Å². The molecule has 2 N–H and O–H groups in total. The van der Waals surface area contributed by atoms with E-state index in [0.29, 0.717) is 24.8 Å². The van der Waals surface area contributed by atoms with Crippen molar-refractivity contribution >= 4 is 29.0 Å². The summed E-state index contributed by atoms with van der Waals surface area (Å²) in [5.74, 6) is -1.74. The van der Waals surface area contributed by atoms with Crippen LogP contribution in [0, 0.1) is 28.6 Å². The maximum atomic E-state index is 17.1. The molecule has 0 saturated heterocycles. The van der Waals surface area contributed by atoms with Gasteiger partial charge in [0.2, 0.25) is 5.05 Å². The van der Waals surface area contributed by atoms with Gasteiger partial charge in [-0.3, -0.25) is 9.59 Å². The van der Waals surface area contributed by atoms with Crippen molar-refractivity contribution in [3.8, 4) is 0 Å². The van der Waals surface area contributed by atoms with Crippen molar-refractivity contribution in [3.63, 3.8) is 0 Å². The maximum Gasteiger partial charge on any atom is 0.306 e. The number of halogens is 1. The molecule has 0 aliphatic heterocycles. The van der Waals surface area contributed by atoms with Crippen molar-refractivity contribution in [1.29, 1.82) is 0 Å². The highest BCUT2D eigenvalue weighted by atomic mass is 32.1. The average Bonchev–Trinajstić information content (AvgIpc) is 2.91. The number of allylic oxidation sites excluding steroid dienone is 4. The Labute approximate surface area is 187 Å². The molecule has 0 aromatic carbocycles. The van der Waals surface area contributed by atoms with Crippen molar-refractivity contribution in [2.45, 2.75) is 77.2 Å². The molecule has 0 aromatic rings. The zero-order valence-corrected chi connectivity index (χ0v) is 19.3. The summed E-state index contributed by atoms with van der Waals surface area (Å²) in [5, 5.41) is 21.6. The van der Waals surface area contributed by atoms with Crippen LogP contribution < -0.4 is 0 Å². The zero-order valence-electron chi connectivity index (χ0n) is 18.5. The number of esters is 1. The fraction of sp³-hybridized carbons (Fsp3) is 0.708. The number of hydrogen-bond acceptors (Lipinski definition) is 5. The predicted molar refractivity (Wildman–Crippen MR) is 117 cm³/mol. The first kappa shape index (κ1) is 22.6. The third kappa shape index (κ3) is 2.59. The summed E-state index contributed by atoms with van der Waals surface area (Å²) < 4.78 is 23.0. The summed E-state index contributed by atoms with van der Waals surface area (Å²) in [6, 6.07) is 0. The van der Waals surface area contributed by atoms with E-state index in [0.717, 1.165) is 0 Å². The van der Waals surface area contributed by atoms with E-state index in [4.69, 9.17) is 17.0 Å². The molecule has 0 unspecified atom stereocenters. The van der Waals surface area contributed by atoms with Crippen molar-refractivity contribution < 1.29 is 28.9 Å². The van der Waals surface area contributed by atoms with E-state index >= 15 is 4.39 Å². The molecule has 0 bridgehead atoms. The number of alkyl halides is 1. The first-order chi connectivity index (χ1) is 14.4. The van der Waals surface area contributed by atoms with Crippen molar-refractivity contribution in [2.24, 2.45) is 28.6 Å². The van der Waals surface area contributed by atoms with Gasteiger partial charge < -0.3 is 14.9 Å². The smallest absolute Gasteiger partial charge is 0.306 e. The molecule has 0 aromatic heterocycles. The van der Waals surface area contributed by atoms with Crippen LogP contribution in [0.5, 0.6) is 0 Å². The standard InChI is InChI=1S/C24H31FO5S/c1-5-19(28)30-24(20(29)31)13(2)10-17-16-7-6-14-11-15(26)8-9-21(14,3)23(16,25)18(27)12-22(17,24)4/h8-9,11,13,16-18,27H,5-7,10,12H2,1-4H3,(H,29,31)/t13-,16+,17+,18+,21+,22+,23+,24+/m1/s1. The molecule has 3 fully saturated rings. The van der Waals surface area contributed by atoms with Gasteiger partial charge in [-0.15, -0.1) is 0 Å². The van der Waals surface area contributed by atoms with E-state index in [1.165, 1.54) is 12.2 Å². The second kappa shape index (κ2) is 6.95. The molecule has 0 amide bonds. The number of ether oxygens (including phenoxy) is 1. The Morgan fingerprint density at radius 2 is 2.03 bits per heavy atom. The van der Waals surface area contributed by atoms with Crippen LogP contribution in [-0.2, 0) is 14.3 Å². The molecular formula is C24H31FO5S. The number of aliphatic hydroxyl groups is 2. The lowest BCUT2D eigenvalue weighted by molar-refractivity contribution is -0.217. The number of ketones is 1. The predicted octanol–water partition coefficient (Wildman–Crippen LogP) is 4.18. The third-order valence-corrected chi connectivity index (χ3v) is 9.37. The van der Waals surface area contributed by atoms with Gasteiger partial charge in [-0.1, -0.05) is 32.4 Å². The van der Waals surface area contributed by atoms with Crippen LogP contribution in [0.1, 0.15) is 59.8 Å². The highest BCUT2D eigenvalue weighted by molar-refractivity contribution is 7.80. The van der Waals surface area contributed by atoms with E-state index in [9.17, 15) is 19.8 Å². The Morgan fingerprint density at radius 1 is 1.35 bits per heavy atom. The second-order valence-corrected chi connectivity index (χ2v) is 10.7. The number of carbonyl (C=O) groups excluding carboxylic acids is 2. The third-order valence-electron chi connectivity index (χ3n) is 9.06. The van der Waals surface area contributed by atoms with Crippen LogP contribution in [0.4, 0.5) is 4.39 Å². The fourth-order valence-electron chi connectivity index (χ4n) is 7.50. The lowest BCUT2D eigenvalue weighted by atomic mass is 9.45. The number of aliphatic hydroxyl groups excluding tert-OH is 2. The lowest BCUT2D eigenvalue weighted by Crippen LogP contribution is -2.69. The summed E-state index contributed by atoms with van der Waals surface area (Å²) >= 11 is 5.24. The monoisotopic (exact) mass is 450 g/mol. The normalized spacial score (nSPS) is 48.3. The Morgan fingerprint density at radius 3 is 2.65 bits per heavy atom. The van der Waals surface area contributed by atoms with Crippen LogP contribution in [0.2, 0.25) is 0 Å². The summed E-state index contributed by atoms with van der Waals surface area (Å²) in [4.78, 5) is 24.3. The van der Waals surface area contributed by atoms with Gasteiger partial charge in [0.05, 0.1) is 6.10 Å². The molecule has 3 saturated carbocycles. The first-order valence-corrected chi connectivity index (χ1v) is 11.6. The Kier molecular flexibility index (Phi) is 5.06. The molecular weight excluding hydrogens is 419 g/mol. The van der Waals surface area contributed by atoms with Crippen molar-refractivity contribution in [2.75, 3.05) is 0 Å². The van der Waals surface area contributed by atoms with E-state index in [1.54, 1.807) is 19.9 Å². The summed E-state index contributed by atoms with van der Waals surface area (Å²) in [6.45, 7) is 7.17. The molecule has 170 valence electrons. The molecule has 7 heteroatoms. The van der Waals surface area contributed by atoms with Crippen LogP contribution >= 0.6 is 12.2 Å². The Hall–Kier alpha value is -1.60. The molecule has 0 heterocycles. The van der Waals surface area contributed by atoms with Crippen molar-refractivity contribution in [3.05, 3.63) is 23.8 Å². The number of fused-ring (bicyclic) bond motifs is 5. The largest absolute Gasteiger partial charge is 0.499 e. The molecule has 4 rings (SSSR count). The average molecular weight is 451 g/mol. The van der Waals surface area contributed by atoms with Gasteiger partial charge in [0.25, 0.3) is 0 Å². The van der Waals surface area contributed by atoms with Gasteiger partial charge in [-0.05, 0) is 62.9 Å². The molecule has 8 atom stereocenters. The second-order valence-electron chi connectivity index (χ2n) is 10.3. The topological polar surface area (TPSA) is 83.8 Å². The molecule has 31 heavy (non-hydrogen) atoms. The molecule has 0 radical (unpaired) electrons. The number of thiocarbonyl (C=S) groups is 1. The van der Waals surface area contributed by atoms with E-state index < -0.39 is 45.1 Å². The number of carbonyl (C=O) groups is 2. The van der Waals surface area contributed by atoms with Gasteiger partial charge in [-0.2, -0.15) is 0 Å². The van der Waals surface area contributed by atoms with Gasteiger partial charge in [0, 0.05) is 29.1 Å². The van der Waals surface area contributed by atoms with Crippen molar-refractivity contribution in [1.82, 2.24) is 0 Å². The van der Waals surface area contributed by atoms with Crippen LogP contribution in [0.25, 0.3) is 0 Å². The van der Waals surface area contributed by atoms with Gasteiger partial charge >= 0.3 is 5.97 Å². The summed E-state index contributed by atoms with van der Waals surface area (Å²) in [5.41, 5.74) is -4.69. The van der Waals surface area contributed by atoms with E-state index in [-0.39, 0.29) is 30.5 Å². The zero-order chi connectivity index (χ0) is 23.0. The number of hydrogen-bond donors (Lipinski definition) is 2. The highest BCUT2D eigenvalue weighted by Crippen LogP contribution is 2.71. The molecule has 4 aliphatic carbocycles. The summed E-state index contributed by atoms with van der Waals surface area (Å²) in [6.07, 6.45) is 4.81. The van der Waals surface area contributed by atoms with Gasteiger partial charge in [0.1, 0.15) is 0 Å². The maximum absolute atomic E-state index is 17.1. The minimum Gasteiger partial charge on any atom is -0.499 e. The highest BCUT2D eigenvalue weighted by Gasteiger charge is 2.76. The van der Waals surface area contributed by atoms with Gasteiger partial charge in [-0.25, -0.2) is 4.39 Å². The quantitative estimate of drug-likeness (QED) is 0.496. The number of rotatable bonds is 3. The minimum atomic E-state index is -1.97. The van der Waals surface area contributed by atoms with Gasteiger partial charge in [0.15, 0.2) is 17.1 Å².